The van der Waals surface area contributed by atoms with Crippen LogP contribution in [0.15, 0.2) is 0 Å². The molecular weight excluding hydrogens is 238 g/mol. The second-order valence-electron chi connectivity index (χ2n) is 4.94. The Morgan fingerprint density at radius 2 is 2.22 bits per heavy atom. The molecule has 18 heavy (non-hydrogen) atoms. The molecule has 1 heterocycles. The number of hydrogen-bond acceptors (Lipinski definition) is 4. The Morgan fingerprint density at radius 1 is 1.50 bits per heavy atom. The van der Waals surface area contributed by atoms with Gasteiger partial charge in [-0.1, -0.05) is 0 Å². The minimum Gasteiger partial charge on any atom is -0.480 e. The van der Waals surface area contributed by atoms with E-state index in [1.54, 1.807) is 0 Å². The van der Waals surface area contributed by atoms with Gasteiger partial charge in [0.1, 0.15) is 5.54 Å². The maximum absolute atomic E-state index is 11.5. The van der Waals surface area contributed by atoms with Gasteiger partial charge in [0.25, 0.3) is 0 Å². The zero-order valence-corrected chi connectivity index (χ0v) is 10.9. The molecule has 6 heteroatoms. The molecule has 0 aromatic carbocycles. The number of hydrogen-bond donors (Lipinski definition) is 2. The number of aliphatic carboxylic acids is 1. The van der Waals surface area contributed by atoms with E-state index in [4.69, 9.17) is 14.6 Å². The number of amides is 1. The molecule has 1 rings (SSSR count). The zero-order valence-electron chi connectivity index (χ0n) is 10.9. The summed E-state index contributed by atoms with van der Waals surface area (Å²) in [7, 11) is 0. The van der Waals surface area contributed by atoms with Gasteiger partial charge in [-0.05, 0) is 26.7 Å². The fraction of sp³-hybridized carbons (Fsp3) is 0.833. The van der Waals surface area contributed by atoms with Crippen LogP contribution in [0.25, 0.3) is 0 Å². The third-order valence-corrected chi connectivity index (χ3v) is 2.79. The van der Waals surface area contributed by atoms with Crippen LogP contribution < -0.4 is 5.32 Å². The van der Waals surface area contributed by atoms with Crippen LogP contribution in [0.2, 0.25) is 0 Å². The van der Waals surface area contributed by atoms with Crippen molar-refractivity contribution in [1.82, 2.24) is 5.32 Å². The van der Waals surface area contributed by atoms with Crippen LogP contribution >= 0.6 is 0 Å². The van der Waals surface area contributed by atoms with Crippen molar-refractivity contribution in [3.05, 3.63) is 0 Å². The van der Waals surface area contributed by atoms with Gasteiger partial charge in [-0.3, -0.25) is 4.79 Å². The van der Waals surface area contributed by atoms with E-state index in [1.165, 1.54) is 13.8 Å². The molecule has 1 aliphatic rings. The van der Waals surface area contributed by atoms with Crippen LogP contribution in [-0.4, -0.2) is 48.4 Å². The quantitative estimate of drug-likeness (QED) is 0.652. The molecule has 0 bridgehead atoms. The first-order valence-corrected chi connectivity index (χ1v) is 6.15. The molecule has 0 saturated carbocycles. The maximum Gasteiger partial charge on any atom is 0.328 e. The molecule has 104 valence electrons. The van der Waals surface area contributed by atoms with Crippen molar-refractivity contribution in [2.24, 2.45) is 0 Å². The Kier molecular flexibility index (Phi) is 5.55. The number of ether oxygens (including phenoxy) is 2. The Morgan fingerprint density at radius 3 is 2.78 bits per heavy atom. The smallest absolute Gasteiger partial charge is 0.328 e. The number of carboxylic acid groups (broad SMARTS) is 1. The molecule has 1 fully saturated rings. The molecule has 1 saturated heterocycles. The van der Waals surface area contributed by atoms with Gasteiger partial charge >= 0.3 is 5.97 Å². The van der Waals surface area contributed by atoms with E-state index < -0.39 is 11.5 Å². The number of carboxylic acids is 1. The Hall–Kier alpha value is -1.14. The van der Waals surface area contributed by atoms with Crippen molar-refractivity contribution < 1.29 is 24.2 Å². The van der Waals surface area contributed by atoms with Crippen LogP contribution in [-0.2, 0) is 19.1 Å². The average molecular weight is 259 g/mol. The topological polar surface area (TPSA) is 84.9 Å². The SMILES string of the molecule is CC(C)(NC(=O)CCOCC1CCCO1)C(=O)O. The highest BCUT2D eigenvalue weighted by atomic mass is 16.5. The molecule has 1 unspecified atom stereocenters. The molecule has 1 atom stereocenters. The minimum absolute atomic E-state index is 0.142. The first-order chi connectivity index (χ1) is 8.42. The summed E-state index contributed by atoms with van der Waals surface area (Å²) >= 11 is 0. The summed E-state index contributed by atoms with van der Waals surface area (Å²) in [5.41, 5.74) is -1.24. The van der Waals surface area contributed by atoms with Crippen LogP contribution in [0.1, 0.15) is 33.1 Å². The second kappa shape index (κ2) is 6.70. The van der Waals surface area contributed by atoms with E-state index in [9.17, 15) is 9.59 Å². The first-order valence-electron chi connectivity index (χ1n) is 6.15. The minimum atomic E-state index is -1.24. The molecule has 1 amide bonds. The second-order valence-corrected chi connectivity index (χ2v) is 4.94. The van der Waals surface area contributed by atoms with E-state index in [0.717, 1.165) is 19.4 Å². The first kappa shape index (κ1) is 14.9. The average Bonchev–Trinajstić information content (AvgIpc) is 2.76. The number of rotatable bonds is 7. The standard InChI is InChI=1S/C12H21NO5/c1-12(2,11(15)16)13-10(14)5-7-17-8-9-4-3-6-18-9/h9H,3-8H2,1-2H3,(H,13,14)(H,15,16). The lowest BCUT2D eigenvalue weighted by atomic mass is 10.1. The van der Waals surface area contributed by atoms with Gasteiger partial charge in [0.15, 0.2) is 0 Å². The van der Waals surface area contributed by atoms with Gasteiger partial charge in [0.05, 0.1) is 19.3 Å². The van der Waals surface area contributed by atoms with Gasteiger partial charge in [-0.15, -0.1) is 0 Å². The summed E-state index contributed by atoms with van der Waals surface area (Å²) in [6.07, 6.45) is 2.35. The fourth-order valence-corrected chi connectivity index (χ4v) is 1.62. The summed E-state index contributed by atoms with van der Waals surface area (Å²) < 4.78 is 10.7. The van der Waals surface area contributed by atoms with Crippen molar-refractivity contribution in [2.45, 2.75) is 44.8 Å². The summed E-state index contributed by atoms with van der Waals surface area (Å²) in [5, 5.41) is 11.3. The normalized spacial score (nSPS) is 19.8. The third kappa shape index (κ3) is 5.01. The summed E-state index contributed by atoms with van der Waals surface area (Å²) in [6.45, 7) is 4.44. The summed E-state index contributed by atoms with van der Waals surface area (Å²) in [4.78, 5) is 22.3. The number of nitrogens with one attached hydrogen (secondary N) is 1. The lowest BCUT2D eigenvalue weighted by Crippen LogP contribution is -2.49. The van der Waals surface area contributed by atoms with Gasteiger partial charge in [0, 0.05) is 13.0 Å². The lowest BCUT2D eigenvalue weighted by Gasteiger charge is -2.21. The van der Waals surface area contributed by atoms with E-state index in [-0.39, 0.29) is 25.0 Å². The highest BCUT2D eigenvalue weighted by Gasteiger charge is 2.28. The molecule has 1 aliphatic heterocycles. The predicted octanol–water partition coefficient (Wildman–Crippen LogP) is 0.552. The maximum atomic E-state index is 11.5. The van der Waals surface area contributed by atoms with Crippen LogP contribution in [0.3, 0.4) is 0 Å². The number of carbonyl (C=O) groups is 2. The van der Waals surface area contributed by atoms with Gasteiger partial charge < -0.3 is 19.9 Å². The van der Waals surface area contributed by atoms with E-state index in [0.29, 0.717) is 6.61 Å². The lowest BCUT2D eigenvalue weighted by molar-refractivity contribution is -0.146. The van der Waals surface area contributed by atoms with E-state index in [2.05, 4.69) is 5.32 Å². The number of carbonyl (C=O) groups excluding carboxylic acids is 1. The molecule has 0 aromatic rings. The molecule has 2 N–H and O–H groups in total. The van der Waals surface area contributed by atoms with Crippen molar-refractivity contribution in [2.75, 3.05) is 19.8 Å². The molecular formula is C12H21NO5. The molecule has 0 aliphatic carbocycles. The van der Waals surface area contributed by atoms with E-state index >= 15 is 0 Å². The zero-order chi connectivity index (χ0) is 13.6. The predicted molar refractivity (Wildman–Crippen MR) is 64.3 cm³/mol. The largest absolute Gasteiger partial charge is 0.480 e. The van der Waals surface area contributed by atoms with E-state index in [1.807, 2.05) is 0 Å². The highest BCUT2D eigenvalue weighted by Crippen LogP contribution is 2.11. The molecule has 0 radical (unpaired) electrons. The molecule has 0 spiro atoms. The van der Waals surface area contributed by atoms with Crippen LogP contribution in [0.5, 0.6) is 0 Å². The third-order valence-electron chi connectivity index (χ3n) is 2.79. The summed E-state index contributed by atoms with van der Waals surface area (Å²) in [6, 6.07) is 0. The highest BCUT2D eigenvalue weighted by molar-refractivity contribution is 5.86. The Bertz CT molecular complexity index is 297. The fourth-order valence-electron chi connectivity index (χ4n) is 1.62. The Balaban J connectivity index is 2.11. The molecule has 6 nitrogen and oxygen atoms in total. The monoisotopic (exact) mass is 259 g/mol. The van der Waals surface area contributed by atoms with Crippen molar-refractivity contribution in [1.29, 1.82) is 0 Å². The van der Waals surface area contributed by atoms with Gasteiger partial charge in [0.2, 0.25) is 5.91 Å². The van der Waals surface area contributed by atoms with Crippen molar-refractivity contribution >= 4 is 11.9 Å². The van der Waals surface area contributed by atoms with Gasteiger partial charge in [-0.2, -0.15) is 0 Å². The van der Waals surface area contributed by atoms with Crippen LogP contribution in [0.4, 0.5) is 0 Å². The molecule has 0 aromatic heterocycles. The van der Waals surface area contributed by atoms with Crippen molar-refractivity contribution in [3.8, 4) is 0 Å². The summed E-state index contributed by atoms with van der Waals surface area (Å²) in [5.74, 6) is -1.38. The Labute approximate surface area is 107 Å². The van der Waals surface area contributed by atoms with Gasteiger partial charge in [-0.25, -0.2) is 4.79 Å². The van der Waals surface area contributed by atoms with Crippen molar-refractivity contribution in [3.63, 3.8) is 0 Å². The van der Waals surface area contributed by atoms with Crippen LogP contribution in [0, 0.1) is 0 Å².